The normalized spacial score (nSPS) is 12.5. The SMILES string of the molecule is C=c1c(C(=O)O)ccc(-c2nc3sccc3[nH]2)/c1=C(\C=O)SCc1nc2sccc2[nH]1. The van der Waals surface area contributed by atoms with Gasteiger partial charge in [-0.25, -0.2) is 14.8 Å². The second-order valence-corrected chi connectivity index (χ2v) is 9.44. The number of thiophene rings is 2. The molecule has 0 aliphatic carbocycles. The Hall–Kier alpha value is -3.21. The average molecular weight is 467 g/mol. The molecule has 31 heavy (non-hydrogen) atoms. The highest BCUT2D eigenvalue weighted by molar-refractivity contribution is 8.08. The minimum atomic E-state index is -1.10. The summed E-state index contributed by atoms with van der Waals surface area (Å²) in [6.07, 6.45) is 0.736. The molecule has 0 radical (unpaired) electrons. The van der Waals surface area contributed by atoms with Crippen molar-refractivity contribution in [2.75, 3.05) is 0 Å². The number of aromatic carboxylic acids is 1. The molecule has 5 aromatic rings. The number of aldehydes is 1. The molecule has 0 atom stereocenters. The Labute approximate surface area is 187 Å². The van der Waals surface area contributed by atoms with Gasteiger partial charge in [0.15, 0.2) is 6.29 Å². The molecule has 0 bridgehead atoms. The van der Waals surface area contributed by atoms with Gasteiger partial charge in [0, 0.05) is 10.8 Å². The van der Waals surface area contributed by atoms with Crippen molar-refractivity contribution in [3.05, 3.63) is 56.9 Å². The molecule has 4 aromatic heterocycles. The molecule has 3 N–H and O–H groups in total. The van der Waals surface area contributed by atoms with Gasteiger partial charge in [0.25, 0.3) is 0 Å². The molecule has 0 aliphatic heterocycles. The Morgan fingerprint density at radius 1 is 1.10 bits per heavy atom. The lowest BCUT2D eigenvalue weighted by atomic mass is 10.0. The van der Waals surface area contributed by atoms with Gasteiger partial charge in [-0.1, -0.05) is 6.58 Å². The summed E-state index contributed by atoms with van der Waals surface area (Å²) in [5.74, 6) is 0.641. The van der Waals surface area contributed by atoms with Crippen molar-refractivity contribution in [1.29, 1.82) is 0 Å². The lowest BCUT2D eigenvalue weighted by Gasteiger charge is -2.07. The first-order chi connectivity index (χ1) is 15.0. The summed E-state index contributed by atoms with van der Waals surface area (Å²) in [5, 5.41) is 14.2. The van der Waals surface area contributed by atoms with Crippen molar-refractivity contribution in [2.45, 2.75) is 5.75 Å². The van der Waals surface area contributed by atoms with Gasteiger partial charge < -0.3 is 15.1 Å². The average Bonchev–Trinajstić information content (AvgIpc) is 3.49. The van der Waals surface area contributed by atoms with Crippen LogP contribution in [0.15, 0.2) is 35.0 Å². The van der Waals surface area contributed by atoms with E-state index in [1.165, 1.54) is 29.2 Å². The van der Waals surface area contributed by atoms with Crippen LogP contribution in [0.1, 0.15) is 16.2 Å². The second kappa shape index (κ2) is 7.80. The van der Waals surface area contributed by atoms with Gasteiger partial charge >= 0.3 is 5.97 Å². The van der Waals surface area contributed by atoms with Gasteiger partial charge in [-0.3, -0.25) is 4.79 Å². The lowest BCUT2D eigenvalue weighted by molar-refractivity contribution is -0.103. The molecule has 10 heteroatoms. The van der Waals surface area contributed by atoms with Crippen molar-refractivity contribution >= 4 is 78.9 Å². The summed E-state index contributed by atoms with van der Waals surface area (Å²) in [7, 11) is 0. The highest BCUT2D eigenvalue weighted by Crippen LogP contribution is 2.25. The van der Waals surface area contributed by atoms with Crippen LogP contribution in [0.3, 0.4) is 0 Å². The first-order valence-corrected chi connectivity index (χ1v) is 11.8. The quantitative estimate of drug-likeness (QED) is 0.330. The molecule has 0 unspecified atom stereocenters. The number of aromatic amines is 2. The molecule has 1 aromatic carbocycles. The summed E-state index contributed by atoms with van der Waals surface area (Å²) >= 11 is 4.33. The summed E-state index contributed by atoms with van der Waals surface area (Å²) < 4.78 is 0. The van der Waals surface area contributed by atoms with Gasteiger partial charge in [0.05, 0.1) is 27.3 Å². The molecule has 0 amide bonds. The molecule has 4 heterocycles. The molecule has 0 saturated heterocycles. The number of carbonyl (C=O) groups excluding carboxylic acids is 1. The van der Waals surface area contributed by atoms with Crippen molar-refractivity contribution in [1.82, 2.24) is 19.9 Å². The highest BCUT2D eigenvalue weighted by atomic mass is 32.2. The Balaban J connectivity index is 1.66. The maximum Gasteiger partial charge on any atom is 0.336 e. The van der Waals surface area contributed by atoms with Crippen LogP contribution in [0.2, 0.25) is 0 Å². The number of hydrogen-bond donors (Lipinski definition) is 3. The van der Waals surface area contributed by atoms with E-state index in [9.17, 15) is 14.7 Å². The van der Waals surface area contributed by atoms with E-state index in [0.29, 0.717) is 27.3 Å². The van der Waals surface area contributed by atoms with Crippen LogP contribution in [0.5, 0.6) is 0 Å². The zero-order chi connectivity index (χ0) is 21.5. The zero-order valence-electron chi connectivity index (χ0n) is 15.8. The van der Waals surface area contributed by atoms with E-state index in [2.05, 4.69) is 26.5 Å². The van der Waals surface area contributed by atoms with E-state index in [1.54, 1.807) is 17.4 Å². The minimum Gasteiger partial charge on any atom is -0.478 e. The fourth-order valence-corrected chi connectivity index (χ4v) is 5.70. The number of fused-ring (bicyclic) bond motifs is 2. The topological polar surface area (TPSA) is 112 Å². The van der Waals surface area contributed by atoms with Crippen molar-refractivity contribution in [3.63, 3.8) is 0 Å². The molecule has 0 spiro atoms. The number of hydrogen-bond acceptors (Lipinski definition) is 7. The fraction of sp³-hybridized carbons (Fsp3) is 0.0476. The molecular formula is C21H14N4O3S3. The van der Waals surface area contributed by atoms with Gasteiger partial charge in [-0.15, -0.1) is 34.4 Å². The monoisotopic (exact) mass is 466 g/mol. The number of nitrogens with zero attached hydrogens (tertiary/aromatic N) is 2. The Morgan fingerprint density at radius 3 is 2.45 bits per heavy atom. The molecule has 7 nitrogen and oxygen atoms in total. The number of rotatable bonds is 6. The van der Waals surface area contributed by atoms with Crippen molar-refractivity contribution in [3.8, 4) is 11.4 Å². The number of benzene rings is 1. The summed E-state index contributed by atoms with van der Waals surface area (Å²) in [6, 6.07) is 7.04. The number of imidazole rings is 2. The Bertz CT molecular complexity index is 1520. The van der Waals surface area contributed by atoms with E-state index >= 15 is 0 Å². The fourth-order valence-electron chi connectivity index (χ4n) is 3.36. The predicted octanol–water partition coefficient (Wildman–Crippen LogP) is 3.58. The molecule has 0 saturated carbocycles. The van der Waals surface area contributed by atoms with Gasteiger partial charge in [-0.2, -0.15) is 0 Å². The first-order valence-electron chi connectivity index (χ1n) is 9.08. The second-order valence-electron chi connectivity index (χ2n) is 6.64. The number of carboxylic acid groups (broad SMARTS) is 1. The molecule has 0 fully saturated rings. The third-order valence-electron chi connectivity index (χ3n) is 4.79. The summed E-state index contributed by atoms with van der Waals surface area (Å²) in [5.41, 5.74) is 2.52. The number of carboxylic acids is 1. The first kappa shape index (κ1) is 19.7. The van der Waals surface area contributed by atoms with Crippen LogP contribution in [0, 0.1) is 0 Å². The largest absolute Gasteiger partial charge is 0.478 e. The van der Waals surface area contributed by atoms with Crippen LogP contribution in [0.25, 0.3) is 43.6 Å². The van der Waals surface area contributed by atoms with Crippen LogP contribution in [-0.4, -0.2) is 37.3 Å². The molecule has 154 valence electrons. The summed E-state index contributed by atoms with van der Waals surface area (Å²) in [4.78, 5) is 41.5. The molecular weight excluding hydrogens is 452 g/mol. The van der Waals surface area contributed by atoms with Crippen LogP contribution in [0.4, 0.5) is 0 Å². The number of nitrogens with one attached hydrogen (secondary N) is 2. The smallest absolute Gasteiger partial charge is 0.336 e. The third kappa shape index (κ3) is 3.48. The minimum absolute atomic E-state index is 0.0468. The van der Waals surface area contributed by atoms with Crippen molar-refractivity contribution < 1.29 is 14.7 Å². The summed E-state index contributed by atoms with van der Waals surface area (Å²) in [6.45, 7) is 3.99. The third-order valence-corrected chi connectivity index (χ3v) is 7.43. The van der Waals surface area contributed by atoms with Crippen LogP contribution in [-0.2, 0) is 10.5 Å². The van der Waals surface area contributed by atoms with Gasteiger partial charge in [-0.05, 0) is 40.2 Å². The predicted molar refractivity (Wildman–Crippen MR) is 126 cm³/mol. The van der Waals surface area contributed by atoms with Crippen molar-refractivity contribution in [2.24, 2.45) is 0 Å². The van der Waals surface area contributed by atoms with Crippen LogP contribution >= 0.6 is 34.4 Å². The standard InChI is InChI=1S/C21H14N4O3S3/c1-10-11(21(27)28)2-3-12(18-23-14-5-7-30-20(14)25-18)17(10)15(8-26)31-9-16-22-13-4-6-29-19(13)24-16/h2-8H,1,9H2,(H,22,24)(H,23,25)(H,27,28)/b17-15+. The molecule has 0 aliphatic rings. The molecule has 5 rings (SSSR count). The Morgan fingerprint density at radius 2 is 1.81 bits per heavy atom. The maximum atomic E-state index is 12.1. The number of aromatic nitrogens is 4. The van der Waals surface area contributed by atoms with Gasteiger partial charge in [0.1, 0.15) is 21.3 Å². The Kier molecular flexibility index (Phi) is 4.97. The number of thioether (sulfide) groups is 1. The van der Waals surface area contributed by atoms with Gasteiger partial charge in [0.2, 0.25) is 0 Å². The van der Waals surface area contributed by atoms with E-state index in [1.807, 2.05) is 22.9 Å². The van der Waals surface area contributed by atoms with E-state index < -0.39 is 5.97 Å². The van der Waals surface area contributed by atoms with E-state index in [-0.39, 0.29) is 10.8 Å². The zero-order valence-corrected chi connectivity index (χ0v) is 18.3. The number of H-pyrrole nitrogens is 2. The van der Waals surface area contributed by atoms with E-state index in [4.69, 9.17) is 0 Å². The number of carbonyl (C=O) groups is 2. The maximum absolute atomic E-state index is 12.1. The van der Waals surface area contributed by atoms with Crippen LogP contribution < -0.4 is 10.4 Å². The highest BCUT2D eigenvalue weighted by Gasteiger charge is 2.16. The lowest BCUT2D eigenvalue weighted by Crippen LogP contribution is -2.33. The van der Waals surface area contributed by atoms with E-state index in [0.717, 1.165) is 32.8 Å².